The van der Waals surface area contributed by atoms with Crippen LogP contribution in [0.15, 0.2) is 6.20 Å². The molecule has 0 radical (unpaired) electrons. The second-order valence-electron chi connectivity index (χ2n) is 7.34. The van der Waals surface area contributed by atoms with E-state index in [0.29, 0.717) is 37.7 Å². The Morgan fingerprint density at radius 1 is 1.36 bits per heavy atom. The Labute approximate surface area is 148 Å². The van der Waals surface area contributed by atoms with Gasteiger partial charge in [0.1, 0.15) is 5.69 Å². The molecule has 4 aliphatic heterocycles. The number of methoxy groups -OCH3 is 1. The Kier molecular flexibility index (Phi) is 5.00. The predicted octanol–water partition coefficient (Wildman–Crippen LogP) is -0.00630. The fourth-order valence-electron chi connectivity index (χ4n) is 4.48. The van der Waals surface area contributed by atoms with Crippen LogP contribution in [0.3, 0.4) is 0 Å². The molecule has 5 rings (SSSR count). The highest BCUT2D eigenvalue weighted by atomic mass is 16.5. The summed E-state index contributed by atoms with van der Waals surface area (Å²) in [7, 11) is 1.66. The zero-order valence-corrected chi connectivity index (χ0v) is 14.8. The number of amides is 1. The molecule has 0 aliphatic carbocycles. The molecule has 0 aromatic carbocycles. The Morgan fingerprint density at radius 3 is 2.92 bits per heavy atom. The maximum atomic E-state index is 12.9. The third-order valence-electron chi connectivity index (χ3n) is 5.79. The van der Waals surface area contributed by atoms with Crippen molar-refractivity contribution in [3.63, 3.8) is 0 Å². The molecule has 8 nitrogen and oxygen atoms in total. The average molecular weight is 349 g/mol. The Balaban J connectivity index is 1.37. The van der Waals surface area contributed by atoms with Crippen LogP contribution >= 0.6 is 0 Å². The summed E-state index contributed by atoms with van der Waals surface area (Å²) in [5, 5.41) is 8.35. The molecule has 0 saturated carbocycles. The molecule has 0 spiro atoms. The monoisotopic (exact) mass is 349 g/mol. The second-order valence-corrected chi connectivity index (χ2v) is 7.34. The summed E-state index contributed by atoms with van der Waals surface area (Å²) >= 11 is 0. The minimum absolute atomic E-state index is 0.155. The largest absolute Gasteiger partial charge is 0.378 e. The first-order valence-electron chi connectivity index (χ1n) is 9.23. The Morgan fingerprint density at radius 2 is 2.20 bits per heavy atom. The molecule has 4 aliphatic rings. The zero-order chi connectivity index (χ0) is 17.2. The van der Waals surface area contributed by atoms with Crippen molar-refractivity contribution in [2.75, 3.05) is 46.5 Å². The van der Waals surface area contributed by atoms with Crippen LogP contribution < -0.4 is 0 Å². The van der Waals surface area contributed by atoms with Crippen molar-refractivity contribution >= 4 is 5.91 Å². The van der Waals surface area contributed by atoms with Crippen molar-refractivity contribution in [2.45, 2.75) is 32.0 Å². The second kappa shape index (κ2) is 7.39. The number of rotatable bonds is 5. The standard InChI is InChI=1S/C17H27N5O3/c1-24-12-14-9-22(19-18-14)10-15-8-13-2-3-21(15)11-16(13)17(23)20-4-6-25-7-5-20/h9,13,15-16H,2-8,10-12H2,1H3/t13-,15+,16-/m0/s1. The third-order valence-corrected chi connectivity index (χ3v) is 5.79. The quantitative estimate of drug-likeness (QED) is 0.745. The molecule has 138 valence electrons. The molecule has 4 saturated heterocycles. The maximum Gasteiger partial charge on any atom is 0.227 e. The van der Waals surface area contributed by atoms with E-state index in [0.717, 1.165) is 51.3 Å². The highest BCUT2D eigenvalue weighted by molar-refractivity contribution is 5.79. The van der Waals surface area contributed by atoms with Gasteiger partial charge in [0, 0.05) is 32.8 Å². The van der Waals surface area contributed by atoms with Crippen molar-refractivity contribution in [1.29, 1.82) is 0 Å². The molecule has 1 aromatic heterocycles. The summed E-state index contributed by atoms with van der Waals surface area (Å²) in [4.78, 5) is 17.4. The number of fused-ring (bicyclic) bond motifs is 3. The number of ether oxygens (including phenoxy) is 2. The number of morpholine rings is 1. The Bertz CT molecular complexity index is 601. The first-order valence-corrected chi connectivity index (χ1v) is 9.23. The van der Waals surface area contributed by atoms with Gasteiger partial charge in [0.25, 0.3) is 0 Å². The van der Waals surface area contributed by atoms with Crippen LogP contribution in [0.5, 0.6) is 0 Å². The number of piperidine rings is 3. The minimum Gasteiger partial charge on any atom is -0.378 e. The molecular weight excluding hydrogens is 322 g/mol. The van der Waals surface area contributed by atoms with Crippen molar-refractivity contribution in [3.05, 3.63) is 11.9 Å². The zero-order valence-electron chi connectivity index (χ0n) is 14.8. The van der Waals surface area contributed by atoms with Crippen LogP contribution in [0.25, 0.3) is 0 Å². The van der Waals surface area contributed by atoms with E-state index in [4.69, 9.17) is 9.47 Å². The van der Waals surface area contributed by atoms with Gasteiger partial charge in [-0.05, 0) is 25.3 Å². The molecule has 8 heteroatoms. The van der Waals surface area contributed by atoms with Crippen molar-refractivity contribution < 1.29 is 14.3 Å². The van der Waals surface area contributed by atoms with Crippen molar-refractivity contribution in [1.82, 2.24) is 24.8 Å². The molecular formula is C17H27N5O3. The van der Waals surface area contributed by atoms with Crippen molar-refractivity contribution in [2.24, 2.45) is 11.8 Å². The van der Waals surface area contributed by atoms with E-state index in [2.05, 4.69) is 15.2 Å². The lowest BCUT2D eigenvalue weighted by Crippen LogP contribution is -2.59. The van der Waals surface area contributed by atoms with E-state index in [9.17, 15) is 4.79 Å². The highest BCUT2D eigenvalue weighted by Gasteiger charge is 2.44. The van der Waals surface area contributed by atoms with Gasteiger partial charge in [0.15, 0.2) is 0 Å². The smallest absolute Gasteiger partial charge is 0.227 e. The molecule has 4 fully saturated rings. The van der Waals surface area contributed by atoms with Crippen LogP contribution in [0.4, 0.5) is 0 Å². The average Bonchev–Trinajstić information content (AvgIpc) is 3.10. The number of nitrogens with zero attached hydrogens (tertiary/aromatic N) is 5. The number of carbonyl (C=O) groups is 1. The lowest BCUT2D eigenvalue weighted by Gasteiger charge is -2.50. The normalized spacial score (nSPS) is 32.1. The summed E-state index contributed by atoms with van der Waals surface area (Å²) in [5.41, 5.74) is 0.860. The molecule has 25 heavy (non-hydrogen) atoms. The van der Waals surface area contributed by atoms with Gasteiger partial charge in [-0.15, -0.1) is 5.10 Å². The van der Waals surface area contributed by atoms with Gasteiger partial charge < -0.3 is 14.4 Å². The van der Waals surface area contributed by atoms with Gasteiger partial charge in [-0.2, -0.15) is 0 Å². The van der Waals surface area contributed by atoms with Crippen LogP contribution in [-0.4, -0.2) is 83.2 Å². The summed E-state index contributed by atoms with van der Waals surface area (Å²) in [6.07, 6.45) is 4.16. The summed E-state index contributed by atoms with van der Waals surface area (Å²) in [5.74, 6) is 0.981. The van der Waals surface area contributed by atoms with Gasteiger partial charge in [0.2, 0.25) is 5.91 Å². The molecule has 2 bridgehead atoms. The number of hydrogen-bond donors (Lipinski definition) is 0. The molecule has 1 amide bonds. The molecule has 4 atom stereocenters. The lowest BCUT2D eigenvalue weighted by atomic mass is 9.75. The van der Waals surface area contributed by atoms with Crippen LogP contribution in [-0.2, 0) is 27.4 Å². The van der Waals surface area contributed by atoms with E-state index in [1.165, 1.54) is 0 Å². The molecule has 0 N–H and O–H groups in total. The minimum atomic E-state index is 0.155. The first kappa shape index (κ1) is 16.9. The fourth-order valence-corrected chi connectivity index (χ4v) is 4.48. The van der Waals surface area contributed by atoms with E-state index in [1.54, 1.807) is 7.11 Å². The Hall–Kier alpha value is -1.51. The predicted molar refractivity (Wildman–Crippen MR) is 89.7 cm³/mol. The van der Waals surface area contributed by atoms with Gasteiger partial charge in [-0.25, -0.2) is 0 Å². The highest BCUT2D eigenvalue weighted by Crippen LogP contribution is 2.37. The third kappa shape index (κ3) is 3.56. The van der Waals surface area contributed by atoms with Crippen LogP contribution in [0.2, 0.25) is 0 Å². The summed E-state index contributed by atoms with van der Waals surface area (Å²) < 4.78 is 12.4. The molecule has 1 unspecified atom stereocenters. The van der Waals surface area contributed by atoms with E-state index in [1.807, 2.05) is 15.8 Å². The van der Waals surface area contributed by atoms with Crippen molar-refractivity contribution in [3.8, 4) is 0 Å². The van der Waals surface area contributed by atoms with Gasteiger partial charge in [-0.1, -0.05) is 5.21 Å². The summed E-state index contributed by atoms with van der Waals surface area (Å²) in [6, 6.07) is 0.449. The van der Waals surface area contributed by atoms with Gasteiger partial charge >= 0.3 is 0 Å². The SMILES string of the molecule is COCc1cn(C[C@H]2C[C@@H]3CCN2C[C@@H]3C(=O)N2CCOCC2)nn1. The van der Waals surface area contributed by atoms with E-state index < -0.39 is 0 Å². The van der Waals surface area contributed by atoms with Crippen LogP contribution in [0.1, 0.15) is 18.5 Å². The van der Waals surface area contributed by atoms with E-state index >= 15 is 0 Å². The van der Waals surface area contributed by atoms with E-state index in [-0.39, 0.29) is 5.92 Å². The molecule has 5 heterocycles. The first-order chi connectivity index (χ1) is 12.2. The number of carbonyl (C=O) groups excluding carboxylic acids is 1. The van der Waals surface area contributed by atoms with Gasteiger partial charge in [-0.3, -0.25) is 14.4 Å². The lowest BCUT2D eigenvalue weighted by molar-refractivity contribution is -0.148. The van der Waals surface area contributed by atoms with Gasteiger partial charge in [0.05, 0.1) is 38.5 Å². The summed E-state index contributed by atoms with van der Waals surface area (Å²) in [6.45, 7) is 6.13. The molecule has 1 aromatic rings. The number of aromatic nitrogens is 3. The maximum absolute atomic E-state index is 12.9. The topological polar surface area (TPSA) is 72.7 Å². The number of hydrogen-bond acceptors (Lipinski definition) is 6. The fraction of sp³-hybridized carbons (Fsp3) is 0.824. The van der Waals surface area contributed by atoms with Crippen LogP contribution in [0, 0.1) is 11.8 Å².